The largest absolute Gasteiger partial charge is 0.394 e. The lowest BCUT2D eigenvalue weighted by atomic mass is 10.0. The number of aliphatic hydroxyl groups excluding tert-OH is 1. The average Bonchev–Trinajstić information content (AvgIpc) is 2.91. The minimum Gasteiger partial charge on any atom is -0.394 e. The number of benzene rings is 1. The van der Waals surface area contributed by atoms with Gasteiger partial charge in [-0.2, -0.15) is 0 Å². The number of hydrogen-bond donors (Lipinski definition) is 5. The number of ether oxygens (including phenoxy) is 1. The van der Waals surface area contributed by atoms with Gasteiger partial charge in [0.2, 0.25) is 29.5 Å². The molecule has 1 aromatic carbocycles. The third-order valence-electron chi connectivity index (χ3n) is 7.08. The van der Waals surface area contributed by atoms with Crippen LogP contribution < -0.4 is 21.3 Å². The Bertz CT molecular complexity index is 1110. The van der Waals surface area contributed by atoms with Crippen LogP contribution in [-0.2, 0) is 28.7 Å². The second kappa shape index (κ2) is 14.4. The van der Waals surface area contributed by atoms with Crippen molar-refractivity contribution >= 4 is 29.5 Å². The number of nitrogens with zero attached hydrogens (tertiary/aromatic N) is 1. The smallest absolute Gasteiger partial charge is 0.245 e. The standard InChI is InChI=1S/C28H40FN5O7/c1-15(2)25-27(39)32-22(14-35)26(38)31-21(18-5-7-19(29)8-6-18)11-24(37)30-20(9-10-23(36)33-25)28(40)34-12-16(3)41-17(4)13-34/h5-8,15-17,20-22,25,35H,9-14H2,1-4H3,(H,30,37)(H,31,38)(H,32,39)(H,33,36)/t16-,17+,20-,21+,22-,25+/m0/s1. The molecule has 2 heterocycles. The molecular formula is C28H40FN5O7. The number of hydrogen-bond acceptors (Lipinski definition) is 7. The van der Waals surface area contributed by atoms with Crippen LogP contribution in [0.1, 0.15) is 58.6 Å². The van der Waals surface area contributed by atoms with Crippen LogP contribution in [0.2, 0.25) is 0 Å². The number of carbonyl (C=O) groups excluding carboxylic acids is 5. The number of halogens is 1. The van der Waals surface area contributed by atoms with E-state index in [1.54, 1.807) is 18.7 Å². The first-order chi connectivity index (χ1) is 19.4. The van der Waals surface area contributed by atoms with Gasteiger partial charge in [-0.25, -0.2) is 4.39 Å². The lowest BCUT2D eigenvalue weighted by Crippen LogP contribution is -2.56. The Morgan fingerprint density at radius 3 is 2.20 bits per heavy atom. The van der Waals surface area contributed by atoms with Gasteiger partial charge in [0.1, 0.15) is 23.9 Å². The van der Waals surface area contributed by atoms with Gasteiger partial charge in [-0.05, 0) is 43.9 Å². The highest BCUT2D eigenvalue weighted by molar-refractivity contribution is 5.93. The Morgan fingerprint density at radius 1 is 0.976 bits per heavy atom. The van der Waals surface area contributed by atoms with Crippen molar-refractivity contribution in [1.29, 1.82) is 0 Å². The van der Waals surface area contributed by atoms with Gasteiger partial charge in [-0.15, -0.1) is 0 Å². The Hall–Kier alpha value is -3.58. The summed E-state index contributed by atoms with van der Waals surface area (Å²) in [6.45, 7) is 6.99. The fourth-order valence-corrected chi connectivity index (χ4v) is 5.01. The van der Waals surface area contributed by atoms with Gasteiger partial charge >= 0.3 is 0 Å². The molecule has 0 unspecified atom stereocenters. The first kappa shape index (κ1) is 31.9. The molecule has 5 amide bonds. The van der Waals surface area contributed by atoms with E-state index < -0.39 is 60.2 Å². The molecule has 13 heteroatoms. The predicted molar refractivity (Wildman–Crippen MR) is 145 cm³/mol. The van der Waals surface area contributed by atoms with Crippen LogP contribution in [0.4, 0.5) is 4.39 Å². The summed E-state index contributed by atoms with van der Waals surface area (Å²) in [5, 5.41) is 20.3. The van der Waals surface area contributed by atoms with Crippen molar-refractivity contribution in [3.8, 4) is 0 Å². The molecule has 12 nitrogen and oxygen atoms in total. The number of aliphatic hydroxyl groups is 1. The van der Waals surface area contributed by atoms with E-state index in [9.17, 15) is 33.5 Å². The van der Waals surface area contributed by atoms with Crippen LogP contribution in [0, 0.1) is 11.7 Å². The molecule has 6 atom stereocenters. The van der Waals surface area contributed by atoms with Crippen molar-refractivity contribution < 1.29 is 38.2 Å². The summed E-state index contributed by atoms with van der Waals surface area (Å²) in [7, 11) is 0. The third kappa shape index (κ3) is 8.95. The second-order valence-electron chi connectivity index (χ2n) is 11.0. The number of rotatable bonds is 4. The highest BCUT2D eigenvalue weighted by atomic mass is 19.1. The molecule has 41 heavy (non-hydrogen) atoms. The number of carbonyl (C=O) groups is 5. The van der Waals surface area contributed by atoms with Crippen LogP contribution in [0.5, 0.6) is 0 Å². The first-order valence-corrected chi connectivity index (χ1v) is 13.9. The van der Waals surface area contributed by atoms with E-state index in [1.165, 1.54) is 24.3 Å². The molecule has 0 bridgehead atoms. The summed E-state index contributed by atoms with van der Waals surface area (Å²) in [6.07, 6.45) is -0.955. The average molecular weight is 578 g/mol. The second-order valence-corrected chi connectivity index (χ2v) is 11.0. The number of nitrogens with one attached hydrogen (secondary N) is 4. The van der Waals surface area contributed by atoms with Gasteiger partial charge < -0.3 is 36.0 Å². The highest BCUT2D eigenvalue weighted by Gasteiger charge is 2.34. The van der Waals surface area contributed by atoms with Crippen LogP contribution in [0.25, 0.3) is 0 Å². The molecule has 0 radical (unpaired) electrons. The maximum Gasteiger partial charge on any atom is 0.245 e. The lowest BCUT2D eigenvalue weighted by molar-refractivity contribution is -0.147. The Morgan fingerprint density at radius 2 is 1.61 bits per heavy atom. The Labute approximate surface area is 238 Å². The fraction of sp³-hybridized carbons (Fsp3) is 0.607. The quantitative estimate of drug-likeness (QED) is 0.333. The van der Waals surface area contributed by atoms with Crippen molar-refractivity contribution in [3.05, 3.63) is 35.6 Å². The van der Waals surface area contributed by atoms with E-state index in [0.29, 0.717) is 18.7 Å². The van der Waals surface area contributed by atoms with Gasteiger partial charge in [0.15, 0.2) is 0 Å². The van der Waals surface area contributed by atoms with Crippen molar-refractivity contribution in [2.45, 2.75) is 83.3 Å². The Kier molecular flexibility index (Phi) is 11.2. The number of morpholine rings is 1. The van der Waals surface area contributed by atoms with Crippen LogP contribution in [-0.4, -0.2) is 89.6 Å². The van der Waals surface area contributed by atoms with Crippen LogP contribution in [0.3, 0.4) is 0 Å². The molecule has 0 aromatic heterocycles. The van der Waals surface area contributed by atoms with Gasteiger partial charge in [-0.1, -0.05) is 26.0 Å². The summed E-state index contributed by atoms with van der Waals surface area (Å²) in [5.41, 5.74) is 0.401. The molecule has 2 saturated heterocycles. The monoisotopic (exact) mass is 577 g/mol. The van der Waals surface area contributed by atoms with Gasteiger partial charge in [0, 0.05) is 19.5 Å². The summed E-state index contributed by atoms with van der Waals surface area (Å²) in [6, 6.07) is 0.741. The van der Waals surface area contributed by atoms with Gasteiger partial charge in [0.05, 0.1) is 31.3 Å². The molecule has 0 aliphatic carbocycles. The van der Waals surface area contributed by atoms with Gasteiger partial charge in [0.25, 0.3) is 0 Å². The topological polar surface area (TPSA) is 166 Å². The maximum absolute atomic E-state index is 13.6. The molecule has 5 N–H and O–H groups in total. The molecule has 1 aromatic rings. The minimum atomic E-state index is -1.38. The fourth-order valence-electron chi connectivity index (χ4n) is 5.01. The first-order valence-electron chi connectivity index (χ1n) is 13.9. The SMILES string of the molecule is CC(C)[C@H]1NC(=O)CC[C@@H](C(=O)N2C[C@@H](C)O[C@@H](C)C2)NC(=O)C[C@H](c2ccc(F)cc2)NC(=O)[C@H](CO)NC1=O. The summed E-state index contributed by atoms with van der Waals surface area (Å²) < 4.78 is 19.3. The number of amides is 5. The normalized spacial score (nSPS) is 29.0. The van der Waals surface area contributed by atoms with Crippen LogP contribution in [0.15, 0.2) is 24.3 Å². The van der Waals surface area contributed by atoms with Crippen molar-refractivity contribution in [2.24, 2.45) is 5.92 Å². The molecule has 2 aliphatic rings. The van der Waals surface area contributed by atoms with E-state index in [0.717, 1.165) is 0 Å². The summed E-state index contributed by atoms with van der Waals surface area (Å²) in [5.74, 6) is -3.81. The van der Waals surface area contributed by atoms with Gasteiger partial charge in [-0.3, -0.25) is 24.0 Å². The molecule has 226 valence electrons. The highest BCUT2D eigenvalue weighted by Crippen LogP contribution is 2.19. The molecule has 0 saturated carbocycles. The molecule has 0 spiro atoms. The minimum absolute atomic E-state index is 0.0319. The Balaban J connectivity index is 1.94. The molecule has 2 aliphatic heterocycles. The van der Waals surface area contributed by atoms with E-state index in [1.807, 2.05) is 13.8 Å². The zero-order valence-electron chi connectivity index (χ0n) is 23.8. The van der Waals surface area contributed by atoms with Crippen molar-refractivity contribution in [1.82, 2.24) is 26.2 Å². The third-order valence-corrected chi connectivity index (χ3v) is 7.08. The summed E-state index contributed by atoms with van der Waals surface area (Å²) in [4.78, 5) is 67.5. The molecular weight excluding hydrogens is 537 g/mol. The molecule has 2 fully saturated rings. The zero-order chi connectivity index (χ0) is 30.3. The van der Waals surface area contributed by atoms with Crippen LogP contribution >= 0.6 is 0 Å². The lowest BCUT2D eigenvalue weighted by Gasteiger charge is -2.37. The van der Waals surface area contributed by atoms with E-state index in [2.05, 4.69) is 21.3 Å². The predicted octanol–water partition coefficient (Wildman–Crippen LogP) is -0.0946. The van der Waals surface area contributed by atoms with E-state index in [4.69, 9.17) is 4.74 Å². The maximum atomic E-state index is 13.6. The summed E-state index contributed by atoms with van der Waals surface area (Å²) >= 11 is 0. The van der Waals surface area contributed by atoms with Crippen molar-refractivity contribution in [2.75, 3.05) is 19.7 Å². The molecule has 3 rings (SSSR count). The van der Waals surface area contributed by atoms with E-state index in [-0.39, 0.29) is 43.3 Å². The van der Waals surface area contributed by atoms with Crippen molar-refractivity contribution in [3.63, 3.8) is 0 Å². The zero-order valence-corrected chi connectivity index (χ0v) is 23.8. The van der Waals surface area contributed by atoms with E-state index >= 15 is 0 Å².